The highest BCUT2D eigenvalue weighted by molar-refractivity contribution is 6.40. The summed E-state index contributed by atoms with van der Waals surface area (Å²) in [5.74, 6) is -11.7. The Kier molecular flexibility index (Phi) is 14.5. The number of ketones is 2. The fourth-order valence-electron chi connectivity index (χ4n) is 11.1. The molecule has 384 valence electrons. The van der Waals surface area contributed by atoms with Gasteiger partial charge in [0, 0.05) is 54.7 Å². The summed E-state index contributed by atoms with van der Waals surface area (Å²) in [4.78, 5) is 105. The Bertz CT molecular complexity index is 2500. The number of amides is 1. The van der Waals surface area contributed by atoms with Crippen LogP contribution in [0.1, 0.15) is 103 Å². The van der Waals surface area contributed by atoms with E-state index >= 15 is 14.4 Å². The van der Waals surface area contributed by atoms with Gasteiger partial charge in [-0.3, -0.25) is 14.4 Å². The van der Waals surface area contributed by atoms with Crippen molar-refractivity contribution in [2.75, 3.05) is 13.2 Å². The molecule has 2 aromatic carbocycles. The third-order valence-corrected chi connectivity index (χ3v) is 14.7. The second-order valence-corrected chi connectivity index (χ2v) is 20.5. The molecule has 1 aliphatic heterocycles. The number of nitrogens with zero attached hydrogens (tertiary/aromatic N) is 1. The largest absolute Gasteiger partial charge is 0.492 e. The number of fused-ring (bicyclic) bond motifs is 5. The van der Waals surface area contributed by atoms with Gasteiger partial charge < -0.3 is 59.0 Å². The average Bonchev–Trinajstić information content (AvgIpc) is 3.62. The zero-order chi connectivity index (χ0) is 52.0. The van der Waals surface area contributed by atoms with Crippen molar-refractivity contribution in [1.29, 1.82) is 0 Å². The molecule has 4 fully saturated rings. The number of rotatable bonds is 14. The van der Waals surface area contributed by atoms with E-state index in [-0.39, 0.29) is 30.8 Å². The first kappa shape index (κ1) is 52.5. The maximum absolute atomic E-state index is 15.2. The Morgan fingerprint density at radius 3 is 2.07 bits per heavy atom. The molecular weight excluding hydrogens is 929 g/mol. The van der Waals surface area contributed by atoms with Gasteiger partial charge in [0.05, 0.1) is 42.6 Å². The smallest absolute Gasteiger partial charge is 0.408 e. The summed E-state index contributed by atoms with van der Waals surface area (Å²) < 4.78 is 36.9. The number of nitrogens with one attached hydrogen (secondary N) is 1. The van der Waals surface area contributed by atoms with Crippen LogP contribution in [0.5, 0.6) is 11.8 Å². The van der Waals surface area contributed by atoms with Crippen LogP contribution in [0.2, 0.25) is 0 Å². The van der Waals surface area contributed by atoms with Crippen molar-refractivity contribution in [2.45, 2.75) is 134 Å². The Morgan fingerprint density at radius 1 is 0.887 bits per heavy atom. The number of benzene rings is 2. The van der Waals surface area contributed by atoms with Crippen LogP contribution >= 0.6 is 0 Å². The number of aliphatic hydroxyl groups excluding tert-OH is 1. The second-order valence-electron chi connectivity index (χ2n) is 20.5. The zero-order valence-electron chi connectivity index (χ0n) is 40.8. The van der Waals surface area contributed by atoms with Crippen LogP contribution < -0.4 is 10.2 Å². The van der Waals surface area contributed by atoms with E-state index in [1.54, 1.807) is 77.9 Å². The summed E-state index contributed by atoms with van der Waals surface area (Å²) in [7, 11) is 0. The quantitative estimate of drug-likeness (QED) is 0.0864. The van der Waals surface area contributed by atoms with Crippen molar-refractivity contribution in [3.63, 3.8) is 0 Å². The fraction of sp³-hybridized carbons (Fsp3) is 0.549. The van der Waals surface area contributed by atoms with Gasteiger partial charge in [-0.05, 0) is 52.3 Å². The van der Waals surface area contributed by atoms with Crippen LogP contribution in [0.25, 0.3) is 0 Å². The van der Waals surface area contributed by atoms with E-state index < -0.39 is 155 Å². The molecule has 12 atom stereocenters. The Labute approximate surface area is 409 Å². The van der Waals surface area contributed by atoms with Gasteiger partial charge in [0.1, 0.15) is 35.1 Å². The highest BCUT2D eigenvalue weighted by Gasteiger charge is 2.78. The van der Waals surface area contributed by atoms with E-state index in [4.69, 9.17) is 33.3 Å². The number of esters is 3. The van der Waals surface area contributed by atoms with Gasteiger partial charge in [0.2, 0.25) is 29.4 Å². The van der Waals surface area contributed by atoms with Crippen LogP contribution in [-0.4, -0.2) is 127 Å². The minimum Gasteiger partial charge on any atom is -0.492 e. The molecule has 1 amide bonds. The van der Waals surface area contributed by atoms with Gasteiger partial charge >= 0.3 is 30.0 Å². The highest BCUT2D eigenvalue weighted by Crippen LogP contribution is 2.64. The Balaban J connectivity index is 1.30. The van der Waals surface area contributed by atoms with Crippen LogP contribution in [0, 0.1) is 28.6 Å². The predicted molar refractivity (Wildman–Crippen MR) is 245 cm³/mol. The Hall–Kier alpha value is -6.35. The number of carbonyl (C=O) groups excluding carboxylic acids is 7. The summed E-state index contributed by atoms with van der Waals surface area (Å²) in [6, 6.07) is 16.3. The van der Waals surface area contributed by atoms with Crippen molar-refractivity contribution in [2.24, 2.45) is 28.6 Å². The van der Waals surface area contributed by atoms with E-state index in [9.17, 15) is 39.6 Å². The van der Waals surface area contributed by atoms with Crippen LogP contribution in [0.3, 0.4) is 0 Å². The highest BCUT2D eigenvalue weighted by atomic mass is 16.7. The molecule has 3 aromatic rings. The van der Waals surface area contributed by atoms with E-state index in [0.29, 0.717) is 4.73 Å². The number of hydrogen-bond acceptors (Lipinski definition) is 18. The minimum atomic E-state index is -2.38. The number of alkyl carbamates (subject to hydrolysis) is 1. The topological polar surface area (TPSA) is 282 Å². The third-order valence-electron chi connectivity index (χ3n) is 14.7. The lowest BCUT2D eigenvalue weighted by atomic mass is 9.42. The second kappa shape index (κ2) is 19.7. The van der Waals surface area contributed by atoms with E-state index in [1.165, 1.54) is 38.1 Å². The SMILES string of the molecule is CCO[C@@]12CO[C@@H]1C[C@H](O)[C@@]1(C)C(=O)C(=O)C3C(C)[C@@H](OC(=O)[C@H](OC(=O)CCC(=O)On4c(O)ccc4O)[C@@H](NC(=O)OC(C)(C)C)c4ccccc4)C[C@@](O)([C@@H](OC(=O)c4ccccc4)C12)C3(C)C. The summed E-state index contributed by atoms with van der Waals surface area (Å²) in [6.07, 6.45) is -10.9. The van der Waals surface area contributed by atoms with Crippen molar-refractivity contribution in [3.05, 3.63) is 83.9 Å². The molecule has 3 saturated carbocycles. The van der Waals surface area contributed by atoms with Gasteiger partial charge in [0.25, 0.3) is 0 Å². The number of hydrogen-bond donors (Lipinski definition) is 5. The number of aromatic hydroxyl groups is 2. The van der Waals surface area contributed by atoms with Crippen LogP contribution in [-0.2, 0) is 52.4 Å². The van der Waals surface area contributed by atoms with E-state index in [0.717, 1.165) is 12.1 Å². The van der Waals surface area contributed by atoms with Crippen LogP contribution in [0.4, 0.5) is 4.79 Å². The molecule has 5 N–H and O–H groups in total. The van der Waals surface area contributed by atoms with Crippen molar-refractivity contribution in [1.82, 2.24) is 10.0 Å². The lowest BCUT2D eigenvalue weighted by Gasteiger charge is -2.68. The molecule has 20 heteroatoms. The molecule has 20 nitrogen and oxygen atoms in total. The molecule has 1 aromatic heterocycles. The number of Topliss-reactive ketones (excluding diaryl/α,β-unsaturated/α-hetero) is 2. The van der Waals surface area contributed by atoms with Crippen molar-refractivity contribution < 1.29 is 87.2 Å². The molecule has 2 bridgehead atoms. The summed E-state index contributed by atoms with van der Waals surface area (Å²) in [6.45, 7) is 12.5. The van der Waals surface area contributed by atoms with Crippen molar-refractivity contribution >= 4 is 41.5 Å². The van der Waals surface area contributed by atoms with E-state index in [2.05, 4.69) is 5.32 Å². The first-order valence-electron chi connectivity index (χ1n) is 23.6. The fourth-order valence-corrected chi connectivity index (χ4v) is 11.1. The van der Waals surface area contributed by atoms with Gasteiger partial charge in [-0.25, -0.2) is 19.2 Å². The maximum atomic E-state index is 15.2. The molecule has 71 heavy (non-hydrogen) atoms. The van der Waals surface area contributed by atoms with Gasteiger partial charge in [-0.1, -0.05) is 69.3 Å². The van der Waals surface area contributed by atoms with Gasteiger partial charge in [0.15, 0.2) is 0 Å². The minimum absolute atomic E-state index is 0.0628. The Morgan fingerprint density at radius 2 is 1.49 bits per heavy atom. The molecule has 7 rings (SSSR count). The molecule has 0 radical (unpaired) electrons. The lowest BCUT2D eigenvalue weighted by Crippen LogP contribution is -2.82. The number of carbonyl (C=O) groups is 7. The van der Waals surface area contributed by atoms with Crippen LogP contribution in [0.15, 0.2) is 72.8 Å². The monoisotopic (exact) mass is 990 g/mol. The summed E-state index contributed by atoms with van der Waals surface area (Å²) in [5, 5.41) is 48.2. The third kappa shape index (κ3) is 9.61. The average molecular weight is 991 g/mol. The number of aliphatic hydroxyl groups is 2. The summed E-state index contributed by atoms with van der Waals surface area (Å²) >= 11 is 0. The maximum Gasteiger partial charge on any atom is 0.408 e. The molecule has 3 unspecified atom stereocenters. The first-order chi connectivity index (χ1) is 33.3. The van der Waals surface area contributed by atoms with Gasteiger partial charge in [-0.15, -0.1) is 4.73 Å². The molecule has 2 heterocycles. The number of ether oxygens (including phenoxy) is 6. The molecule has 3 aliphatic carbocycles. The van der Waals surface area contributed by atoms with Crippen molar-refractivity contribution in [3.8, 4) is 11.8 Å². The lowest BCUT2D eigenvalue weighted by molar-refractivity contribution is -0.359. The normalized spacial score (nSPS) is 30.6. The molecule has 1 saturated heterocycles. The van der Waals surface area contributed by atoms with E-state index in [1.807, 2.05) is 0 Å². The molecular formula is C51H62N2O18. The molecule has 0 spiro atoms. The molecule has 4 aliphatic rings. The van der Waals surface area contributed by atoms with Gasteiger partial charge in [-0.2, -0.15) is 0 Å². The predicted octanol–water partition coefficient (Wildman–Crippen LogP) is 4.08. The number of aromatic nitrogens is 1. The summed E-state index contributed by atoms with van der Waals surface area (Å²) in [5.41, 5.74) is -8.27. The first-order valence-corrected chi connectivity index (χ1v) is 23.6. The standard InChI is InChI=1S/C51H62N2O18/c1-9-66-50-26-65-32(50)24-31(54)49(8)41(50)43(69-44(61)29-18-14-11-15-19-29)51(64)25-30(27(2)37(48(51,6)7)39(59)42(49)60)67-45(62)40(38(28-16-12-10-13-17-28)52-46(63)70-47(3,4)5)68-35(57)22-23-36(58)71-53-33(55)20-21-34(53)56/h10-21,27,30-32,37-38,40-41,43,54-56,64H,9,22-26H2,1-8H3,(H,52,63)/t27?,30-,31-,32+,37?,38-,40+,41?,43-,49+,50-,51+/m0/s1. The zero-order valence-corrected chi connectivity index (χ0v) is 40.8.